The van der Waals surface area contributed by atoms with Gasteiger partial charge >= 0.3 is 11.9 Å². The fourth-order valence-corrected chi connectivity index (χ4v) is 2.42. The van der Waals surface area contributed by atoms with Crippen molar-refractivity contribution in [3.63, 3.8) is 0 Å². The maximum atomic E-state index is 11.3. The molecule has 0 saturated carbocycles. The minimum absolute atomic E-state index is 0.0127. The maximum absolute atomic E-state index is 11.3. The van der Waals surface area contributed by atoms with Gasteiger partial charge in [0.15, 0.2) is 11.4 Å². The van der Waals surface area contributed by atoms with Gasteiger partial charge in [0.05, 0.1) is 16.1 Å². The lowest BCUT2D eigenvalue weighted by atomic mass is 10.2. The van der Waals surface area contributed by atoms with Crippen LogP contribution in [0.25, 0.3) is 0 Å². The maximum Gasteiger partial charge on any atom is 0.357 e. The monoisotopic (exact) mass is 502 g/mol. The number of carboxylic acid groups (broad SMARTS) is 1. The van der Waals surface area contributed by atoms with Crippen molar-refractivity contribution >= 4 is 43.8 Å². The Bertz CT molecular complexity index is 829. The molecule has 0 bridgehead atoms. The largest absolute Gasteiger partial charge is 0.476 e. The van der Waals surface area contributed by atoms with Crippen LogP contribution < -0.4 is 0 Å². The van der Waals surface area contributed by atoms with Crippen LogP contribution in [0.5, 0.6) is 0 Å². The number of ether oxygens (including phenoxy) is 1. The molecule has 27 heavy (non-hydrogen) atoms. The number of aromatic carboxylic acids is 1. The van der Waals surface area contributed by atoms with Crippen LogP contribution in [0.4, 0.5) is 0 Å². The predicted octanol–water partition coefficient (Wildman–Crippen LogP) is 4.21. The Morgan fingerprint density at radius 3 is 1.70 bits per heavy atom. The highest BCUT2D eigenvalue weighted by molar-refractivity contribution is 9.10. The zero-order valence-electron chi connectivity index (χ0n) is 15.5. The molecule has 2 heterocycles. The third-order valence-electron chi connectivity index (χ3n) is 3.14. The van der Waals surface area contributed by atoms with E-state index >= 15 is 0 Å². The molecule has 0 atom stereocenters. The summed E-state index contributed by atoms with van der Waals surface area (Å²) >= 11 is 6.27. The highest BCUT2D eigenvalue weighted by atomic mass is 79.9. The number of carbonyl (C=O) groups excluding carboxylic acids is 1. The molecular weight excluding hydrogens is 484 g/mol. The zero-order chi connectivity index (χ0) is 20.7. The van der Waals surface area contributed by atoms with Gasteiger partial charge in [-0.3, -0.25) is 0 Å². The lowest BCUT2D eigenvalue weighted by molar-refractivity contribution is 0.0591. The van der Waals surface area contributed by atoms with E-state index in [2.05, 4.69) is 56.5 Å². The van der Waals surface area contributed by atoms with Crippen molar-refractivity contribution in [2.45, 2.75) is 39.5 Å². The Labute approximate surface area is 174 Å². The van der Waals surface area contributed by atoms with Crippen LogP contribution in [0.15, 0.2) is 21.3 Å². The van der Waals surface area contributed by atoms with Gasteiger partial charge in [-0.25, -0.2) is 29.5 Å². The van der Waals surface area contributed by atoms with E-state index in [1.54, 1.807) is 6.20 Å². The molecule has 10 heteroatoms. The lowest BCUT2D eigenvalue weighted by Gasteiger charge is -2.06. The van der Waals surface area contributed by atoms with E-state index < -0.39 is 11.9 Å². The molecule has 0 spiro atoms. The van der Waals surface area contributed by atoms with Crippen LogP contribution in [0.3, 0.4) is 0 Å². The van der Waals surface area contributed by atoms with Gasteiger partial charge in [-0.1, -0.05) is 27.7 Å². The average molecular weight is 504 g/mol. The minimum Gasteiger partial charge on any atom is -0.476 e. The van der Waals surface area contributed by atoms with Gasteiger partial charge in [0.1, 0.15) is 11.6 Å². The molecule has 0 saturated heterocycles. The normalized spacial score (nSPS) is 10.4. The Balaban J connectivity index is 0.000000271. The highest BCUT2D eigenvalue weighted by Gasteiger charge is 2.15. The Hall–Kier alpha value is -1.94. The molecule has 0 unspecified atom stereocenters. The first-order chi connectivity index (χ1) is 12.6. The molecule has 0 aliphatic carbocycles. The Morgan fingerprint density at radius 2 is 1.33 bits per heavy atom. The molecule has 0 fully saturated rings. The molecular formula is C17H20Br2N4O4. The first-order valence-corrected chi connectivity index (χ1v) is 9.53. The van der Waals surface area contributed by atoms with E-state index in [1.807, 2.05) is 27.7 Å². The molecule has 0 radical (unpaired) electrons. The number of halogens is 2. The van der Waals surface area contributed by atoms with Crippen LogP contribution in [-0.4, -0.2) is 44.1 Å². The smallest absolute Gasteiger partial charge is 0.357 e. The SMILES string of the molecule is CC(C)c1ncc(Br)c(C(=O)O)n1.COC(=O)c1nc(C(C)C)ncc1Br. The van der Waals surface area contributed by atoms with Crippen LogP contribution >= 0.6 is 31.9 Å². The summed E-state index contributed by atoms with van der Waals surface area (Å²) in [6.07, 6.45) is 3.03. The second kappa shape index (κ2) is 10.4. The lowest BCUT2D eigenvalue weighted by Crippen LogP contribution is -2.09. The zero-order valence-corrected chi connectivity index (χ0v) is 18.7. The molecule has 0 aliphatic rings. The number of hydrogen-bond donors (Lipinski definition) is 1. The molecule has 0 amide bonds. The van der Waals surface area contributed by atoms with Crippen molar-refractivity contribution in [3.8, 4) is 0 Å². The molecule has 1 N–H and O–H groups in total. The van der Waals surface area contributed by atoms with Gasteiger partial charge in [-0.15, -0.1) is 0 Å². The number of aromatic nitrogens is 4. The first-order valence-electron chi connectivity index (χ1n) is 7.94. The van der Waals surface area contributed by atoms with Gasteiger partial charge in [-0.2, -0.15) is 0 Å². The van der Waals surface area contributed by atoms with Crippen LogP contribution in [0.2, 0.25) is 0 Å². The summed E-state index contributed by atoms with van der Waals surface area (Å²) in [5.74, 6) is -0.00995. The van der Waals surface area contributed by atoms with Crippen molar-refractivity contribution in [1.82, 2.24) is 19.9 Å². The molecule has 2 rings (SSSR count). The van der Waals surface area contributed by atoms with Gasteiger partial charge in [-0.05, 0) is 31.9 Å². The van der Waals surface area contributed by atoms with E-state index in [9.17, 15) is 9.59 Å². The van der Waals surface area contributed by atoms with E-state index in [0.29, 0.717) is 20.6 Å². The van der Waals surface area contributed by atoms with Gasteiger partial charge < -0.3 is 9.84 Å². The summed E-state index contributed by atoms with van der Waals surface area (Å²) in [6, 6.07) is 0. The fourth-order valence-electron chi connectivity index (χ4n) is 1.71. The fraction of sp³-hybridized carbons (Fsp3) is 0.412. The number of carboxylic acids is 1. The molecule has 146 valence electrons. The van der Waals surface area contributed by atoms with E-state index in [0.717, 1.165) is 0 Å². The first kappa shape index (κ1) is 23.1. The number of nitrogens with zero attached hydrogens (tertiary/aromatic N) is 4. The summed E-state index contributed by atoms with van der Waals surface area (Å²) in [7, 11) is 1.33. The van der Waals surface area contributed by atoms with Gasteiger partial charge in [0, 0.05) is 24.2 Å². The second-order valence-corrected chi connectivity index (χ2v) is 7.66. The van der Waals surface area contributed by atoms with E-state index in [1.165, 1.54) is 13.3 Å². The van der Waals surface area contributed by atoms with E-state index in [4.69, 9.17) is 5.11 Å². The van der Waals surface area contributed by atoms with Crippen molar-refractivity contribution in [2.75, 3.05) is 7.11 Å². The van der Waals surface area contributed by atoms with Crippen LogP contribution in [-0.2, 0) is 4.74 Å². The molecule has 0 aliphatic heterocycles. The molecule has 2 aromatic rings. The predicted molar refractivity (Wildman–Crippen MR) is 106 cm³/mol. The molecule has 8 nitrogen and oxygen atoms in total. The minimum atomic E-state index is -1.05. The summed E-state index contributed by atoms with van der Waals surface area (Å²) in [5.41, 5.74) is 0.282. The van der Waals surface area contributed by atoms with Crippen LogP contribution in [0, 0.1) is 0 Å². The topological polar surface area (TPSA) is 115 Å². The number of methoxy groups -OCH3 is 1. The van der Waals surface area contributed by atoms with Crippen molar-refractivity contribution in [3.05, 3.63) is 44.4 Å². The van der Waals surface area contributed by atoms with Crippen molar-refractivity contribution in [2.24, 2.45) is 0 Å². The number of rotatable bonds is 4. The Morgan fingerprint density at radius 1 is 0.926 bits per heavy atom. The number of hydrogen-bond acceptors (Lipinski definition) is 7. The average Bonchev–Trinajstić information content (AvgIpc) is 2.61. The third kappa shape index (κ3) is 6.62. The summed E-state index contributed by atoms with van der Waals surface area (Å²) in [5, 5.41) is 8.75. The Kier molecular flexibility index (Phi) is 8.91. The number of carbonyl (C=O) groups is 2. The number of esters is 1. The molecule has 0 aromatic carbocycles. The summed E-state index contributed by atoms with van der Waals surface area (Å²) in [4.78, 5) is 38.1. The quantitative estimate of drug-likeness (QED) is 0.617. The third-order valence-corrected chi connectivity index (χ3v) is 4.30. The molecule has 2 aromatic heterocycles. The van der Waals surface area contributed by atoms with Gasteiger partial charge in [0.2, 0.25) is 0 Å². The second-order valence-electron chi connectivity index (χ2n) is 5.96. The highest BCUT2D eigenvalue weighted by Crippen LogP contribution is 2.18. The summed E-state index contributed by atoms with van der Waals surface area (Å²) < 4.78 is 5.55. The van der Waals surface area contributed by atoms with Crippen molar-refractivity contribution in [1.29, 1.82) is 0 Å². The standard InChI is InChI=1S/C9H11BrN2O2.C8H9BrN2O2/c1-5(2)8-11-4-6(10)7(12-8)9(13)14-3;1-4(2)7-10-3-5(9)6(11-7)8(12)13/h4-5H,1-3H3;3-4H,1-2H3,(H,12,13). The van der Waals surface area contributed by atoms with Crippen LogP contribution in [0.1, 0.15) is 72.2 Å². The van der Waals surface area contributed by atoms with Gasteiger partial charge in [0.25, 0.3) is 0 Å². The van der Waals surface area contributed by atoms with Crippen molar-refractivity contribution < 1.29 is 19.4 Å². The van der Waals surface area contributed by atoms with E-state index in [-0.39, 0.29) is 23.2 Å². The summed E-state index contributed by atoms with van der Waals surface area (Å²) in [6.45, 7) is 7.75.